The molecule has 0 atom stereocenters. The lowest BCUT2D eigenvalue weighted by Crippen LogP contribution is -2.52. The van der Waals surface area contributed by atoms with Crippen LogP contribution in [0.1, 0.15) is 11.7 Å². The van der Waals surface area contributed by atoms with Gasteiger partial charge in [-0.1, -0.05) is 5.16 Å². The molecule has 0 spiro atoms. The predicted molar refractivity (Wildman–Crippen MR) is 43.9 cm³/mol. The Labute approximate surface area is 84.1 Å². The minimum atomic E-state index is -4.08. The van der Waals surface area contributed by atoms with Gasteiger partial charge in [0, 0.05) is 20.0 Å². The van der Waals surface area contributed by atoms with Gasteiger partial charge in [0.25, 0.3) is 0 Å². The number of rotatable bonds is 2. The highest BCUT2D eigenvalue weighted by atomic mass is 19.4. The summed E-state index contributed by atoms with van der Waals surface area (Å²) in [6, 6.07) is 0. The van der Waals surface area contributed by atoms with Crippen LogP contribution < -0.4 is 0 Å². The average Bonchev–Trinajstić information content (AvgIpc) is 2.40. The molecule has 0 unspecified atom stereocenters. The van der Waals surface area contributed by atoms with Gasteiger partial charge in [0.15, 0.2) is 5.82 Å². The molecule has 84 valence electrons. The molecule has 0 saturated carbocycles. The number of halogens is 3. The number of nitrogens with zero attached hydrogens (tertiary/aromatic N) is 3. The SMILES string of the molecule is Cc1nc(CN2CC(C(F)(F)F)C2)no1. The number of aryl methyl sites for hydroxylation is 1. The van der Waals surface area contributed by atoms with Gasteiger partial charge in [-0.2, -0.15) is 18.2 Å². The summed E-state index contributed by atoms with van der Waals surface area (Å²) in [6.07, 6.45) is -4.08. The second-order valence-electron chi connectivity index (χ2n) is 3.66. The monoisotopic (exact) mass is 221 g/mol. The first kappa shape index (κ1) is 10.4. The maximum Gasteiger partial charge on any atom is 0.394 e. The van der Waals surface area contributed by atoms with Crippen molar-refractivity contribution in [3.63, 3.8) is 0 Å². The van der Waals surface area contributed by atoms with Crippen LogP contribution in [-0.4, -0.2) is 34.3 Å². The Morgan fingerprint density at radius 3 is 2.60 bits per heavy atom. The largest absolute Gasteiger partial charge is 0.394 e. The fraction of sp³-hybridized carbons (Fsp3) is 0.750. The smallest absolute Gasteiger partial charge is 0.340 e. The van der Waals surface area contributed by atoms with Crippen molar-refractivity contribution < 1.29 is 17.7 Å². The molecule has 2 rings (SSSR count). The molecule has 4 nitrogen and oxygen atoms in total. The van der Waals surface area contributed by atoms with E-state index in [1.165, 1.54) is 0 Å². The van der Waals surface area contributed by atoms with Crippen molar-refractivity contribution in [3.05, 3.63) is 11.7 Å². The van der Waals surface area contributed by atoms with Gasteiger partial charge in [0.05, 0.1) is 12.5 Å². The van der Waals surface area contributed by atoms with Crippen LogP contribution in [0.15, 0.2) is 4.52 Å². The van der Waals surface area contributed by atoms with Gasteiger partial charge in [-0.25, -0.2) is 0 Å². The molecule has 7 heteroatoms. The molecule has 1 aliphatic rings. The minimum Gasteiger partial charge on any atom is -0.340 e. The molecule has 0 radical (unpaired) electrons. The van der Waals surface area contributed by atoms with Gasteiger partial charge in [-0.15, -0.1) is 0 Å². The minimum absolute atomic E-state index is 0.0249. The molecule has 1 fully saturated rings. The zero-order chi connectivity index (χ0) is 11.1. The Hall–Kier alpha value is -1.11. The van der Waals surface area contributed by atoms with Gasteiger partial charge in [-0.3, -0.25) is 4.90 Å². The van der Waals surface area contributed by atoms with Crippen molar-refractivity contribution in [3.8, 4) is 0 Å². The van der Waals surface area contributed by atoms with Crippen LogP contribution in [0, 0.1) is 12.8 Å². The number of hydrogen-bond acceptors (Lipinski definition) is 4. The van der Waals surface area contributed by atoms with E-state index in [-0.39, 0.29) is 13.1 Å². The molecule has 1 aliphatic heterocycles. The van der Waals surface area contributed by atoms with Gasteiger partial charge in [-0.05, 0) is 0 Å². The van der Waals surface area contributed by atoms with Gasteiger partial charge in [0.2, 0.25) is 5.89 Å². The van der Waals surface area contributed by atoms with Gasteiger partial charge < -0.3 is 4.52 Å². The van der Waals surface area contributed by atoms with Crippen LogP contribution in [0.2, 0.25) is 0 Å². The van der Waals surface area contributed by atoms with E-state index < -0.39 is 12.1 Å². The highest BCUT2D eigenvalue weighted by Gasteiger charge is 2.47. The first-order valence-corrected chi connectivity index (χ1v) is 4.53. The fourth-order valence-corrected chi connectivity index (χ4v) is 1.51. The molecule has 1 aromatic rings. The van der Waals surface area contributed by atoms with E-state index in [4.69, 9.17) is 4.52 Å². The fourth-order valence-electron chi connectivity index (χ4n) is 1.51. The van der Waals surface area contributed by atoms with E-state index in [9.17, 15) is 13.2 Å². The number of alkyl halides is 3. The first-order valence-electron chi connectivity index (χ1n) is 4.53. The number of likely N-dealkylation sites (tertiary alicyclic amines) is 1. The maximum atomic E-state index is 12.1. The third kappa shape index (κ3) is 2.28. The van der Waals surface area contributed by atoms with Crippen molar-refractivity contribution in [2.24, 2.45) is 5.92 Å². The lowest BCUT2D eigenvalue weighted by atomic mass is 10.00. The molecule has 0 aromatic carbocycles. The summed E-state index contributed by atoms with van der Waals surface area (Å²) in [4.78, 5) is 5.56. The Morgan fingerprint density at radius 1 is 1.47 bits per heavy atom. The summed E-state index contributed by atoms with van der Waals surface area (Å²) in [5.41, 5.74) is 0. The molecule has 1 aromatic heterocycles. The van der Waals surface area contributed by atoms with Crippen LogP contribution in [0.4, 0.5) is 13.2 Å². The third-order valence-electron chi connectivity index (χ3n) is 2.35. The second-order valence-corrected chi connectivity index (χ2v) is 3.66. The molecule has 2 heterocycles. The zero-order valence-electron chi connectivity index (χ0n) is 8.08. The van der Waals surface area contributed by atoms with Crippen LogP contribution in [-0.2, 0) is 6.54 Å². The number of aromatic nitrogens is 2. The van der Waals surface area contributed by atoms with Crippen LogP contribution >= 0.6 is 0 Å². The lowest BCUT2D eigenvalue weighted by molar-refractivity contribution is -0.210. The van der Waals surface area contributed by atoms with E-state index >= 15 is 0 Å². The molecular formula is C8H10F3N3O. The van der Waals surface area contributed by atoms with Crippen LogP contribution in [0.3, 0.4) is 0 Å². The average molecular weight is 221 g/mol. The van der Waals surface area contributed by atoms with E-state index in [2.05, 4.69) is 10.1 Å². The molecule has 0 aliphatic carbocycles. The highest BCUT2D eigenvalue weighted by Crippen LogP contribution is 2.33. The molecule has 0 amide bonds. The summed E-state index contributed by atoms with van der Waals surface area (Å²) in [6.45, 7) is 2.02. The third-order valence-corrected chi connectivity index (χ3v) is 2.35. The molecule has 1 saturated heterocycles. The second kappa shape index (κ2) is 3.48. The quantitative estimate of drug-likeness (QED) is 0.756. The van der Waals surface area contributed by atoms with Crippen LogP contribution in [0.25, 0.3) is 0 Å². The first-order chi connectivity index (χ1) is 6.95. The Morgan fingerprint density at radius 2 is 2.13 bits per heavy atom. The van der Waals surface area contributed by atoms with E-state index in [1.54, 1.807) is 11.8 Å². The van der Waals surface area contributed by atoms with E-state index in [0.717, 1.165) is 0 Å². The predicted octanol–water partition coefficient (Wildman–Crippen LogP) is 1.37. The topological polar surface area (TPSA) is 42.2 Å². The lowest BCUT2D eigenvalue weighted by Gasteiger charge is -2.39. The van der Waals surface area contributed by atoms with E-state index in [1.807, 2.05) is 0 Å². The summed E-state index contributed by atoms with van der Waals surface area (Å²) < 4.78 is 41.1. The van der Waals surface area contributed by atoms with Crippen molar-refractivity contribution in [2.45, 2.75) is 19.6 Å². The Kier molecular flexibility index (Phi) is 2.41. The van der Waals surface area contributed by atoms with Gasteiger partial charge >= 0.3 is 6.18 Å². The van der Waals surface area contributed by atoms with Crippen molar-refractivity contribution >= 4 is 0 Å². The number of hydrogen-bond donors (Lipinski definition) is 0. The molecule has 15 heavy (non-hydrogen) atoms. The standard InChI is InChI=1S/C8H10F3N3O/c1-5-12-7(13-15-5)4-14-2-6(3-14)8(9,10)11/h6H,2-4H2,1H3. The van der Waals surface area contributed by atoms with Crippen molar-refractivity contribution in [1.29, 1.82) is 0 Å². The Bertz CT molecular complexity index is 343. The summed E-state index contributed by atoms with van der Waals surface area (Å²) in [7, 11) is 0. The molecule has 0 bridgehead atoms. The van der Waals surface area contributed by atoms with Gasteiger partial charge in [0.1, 0.15) is 0 Å². The normalized spacial score (nSPS) is 19.2. The van der Waals surface area contributed by atoms with Crippen molar-refractivity contribution in [1.82, 2.24) is 15.0 Å². The van der Waals surface area contributed by atoms with Crippen molar-refractivity contribution in [2.75, 3.05) is 13.1 Å². The summed E-state index contributed by atoms with van der Waals surface area (Å²) in [5, 5.41) is 3.62. The highest BCUT2D eigenvalue weighted by molar-refractivity contribution is 4.90. The zero-order valence-corrected chi connectivity index (χ0v) is 8.08. The molecule has 0 N–H and O–H groups in total. The summed E-state index contributed by atoms with van der Waals surface area (Å²) >= 11 is 0. The summed E-state index contributed by atoms with van der Waals surface area (Å²) in [5.74, 6) is -0.337. The molecular weight excluding hydrogens is 211 g/mol. The Balaban J connectivity index is 1.81. The van der Waals surface area contributed by atoms with E-state index in [0.29, 0.717) is 18.3 Å². The maximum absolute atomic E-state index is 12.1. The van der Waals surface area contributed by atoms with Crippen LogP contribution in [0.5, 0.6) is 0 Å².